The van der Waals surface area contributed by atoms with Crippen LogP contribution in [0, 0.1) is 13.8 Å². The highest BCUT2D eigenvalue weighted by Gasteiger charge is 2.31. The largest absolute Gasteiger partial charge is 0.480 e. The number of carboxylic acid groups (broad SMARTS) is 1. The molecule has 0 saturated heterocycles. The van der Waals surface area contributed by atoms with E-state index in [-0.39, 0.29) is 6.54 Å². The van der Waals surface area contributed by atoms with Crippen molar-refractivity contribution in [1.29, 1.82) is 0 Å². The molecule has 0 bridgehead atoms. The molecule has 2 aromatic carbocycles. The number of anilines is 2. The lowest BCUT2D eigenvalue weighted by atomic mass is 10.0. The third-order valence-electron chi connectivity index (χ3n) is 5.63. The van der Waals surface area contributed by atoms with Gasteiger partial charge in [0.15, 0.2) is 0 Å². The maximum absolute atomic E-state index is 12.5. The molecule has 0 amide bonds. The predicted molar refractivity (Wildman–Crippen MR) is 129 cm³/mol. The van der Waals surface area contributed by atoms with Crippen molar-refractivity contribution in [2.45, 2.75) is 45.4 Å². The predicted octanol–water partition coefficient (Wildman–Crippen LogP) is 1.29. The van der Waals surface area contributed by atoms with E-state index in [0.29, 0.717) is 12.2 Å². The Hall–Kier alpha value is -3.18. The van der Waals surface area contributed by atoms with Crippen LogP contribution < -0.4 is 21.4 Å². The summed E-state index contributed by atoms with van der Waals surface area (Å²) in [6.45, 7) is 4.74. The molecule has 0 heterocycles. The lowest BCUT2D eigenvalue weighted by molar-refractivity contribution is -0.146. The number of aliphatic carboxylic acids is 1. The number of rotatable bonds is 13. The van der Waals surface area contributed by atoms with Crippen molar-refractivity contribution < 1.29 is 29.7 Å². The van der Waals surface area contributed by atoms with Crippen LogP contribution in [0.25, 0.3) is 0 Å². The van der Waals surface area contributed by atoms with Crippen molar-refractivity contribution in [1.82, 2.24) is 10.6 Å². The fourth-order valence-electron chi connectivity index (χ4n) is 3.07. The molecule has 0 fully saturated rings. The zero-order valence-corrected chi connectivity index (χ0v) is 19.9. The van der Waals surface area contributed by atoms with Gasteiger partial charge in [-0.25, -0.2) is 10.3 Å². The molecule has 7 N–H and O–H groups in total. The molecule has 10 heteroatoms. The number of carbonyl (C=O) groups excluding carboxylic acids is 1. The van der Waals surface area contributed by atoms with Gasteiger partial charge in [0.1, 0.15) is 11.6 Å². The smallest absolute Gasteiger partial charge is 0.351 e. The lowest BCUT2D eigenvalue weighted by Crippen LogP contribution is -2.52. The molecular weight excluding hydrogens is 440 g/mol. The SMILES string of the molecule is CNc1cc(CNC(CO)C(=O)ONc2cc(CNC(C)(CO)C(=O)O)ccc2C)ccc1C. The number of aryl methyl sites for hydroxylation is 2. The van der Waals surface area contributed by atoms with Crippen LogP contribution in [-0.2, 0) is 27.5 Å². The van der Waals surface area contributed by atoms with Crippen molar-refractivity contribution >= 4 is 23.3 Å². The van der Waals surface area contributed by atoms with Crippen LogP contribution in [0.5, 0.6) is 0 Å². The Kier molecular flexibility index (Phi) is 9.82. The third kappa shape index (κ3) is 7.16. The van der Waals surface area contributed by atoms with Gasteiger partial charge in [0.05, 0.1) is 18.9 Å². The summed E-state index contributed by atoms with van der Waals surface area (Å²) in [6, 6.07) is 10.3. The van der Waals surface area contributed by atoms with Crippen molar-refractivity contribution in [3.63, 3.8) is 0 Å². The Morgan fingerprint density at radius 2 is 1.59 bits per heavy atom. The number of hydrogen-bond donors (Lipinski definition) is 7. The molecule has 2 unspecified atom stereocenters. The zero-order chi connectivity index (χ0) is 25.3. The second-order valence-electron chi connectivity index (χ2n) is 8.34. The number of hydrogen-bond acceptors (Lipinski definition) is 9. The van der Waals surface area contributed by atoms with Gasteiger partial charge in [-0.3, -0.25) is 15.4 Å². The van der Waals surface area contributed by atoms with E-state index in [1.54, 1.807) is 18.2 Å². The van der Waals surface area contributed by atoms with Gasteiger partial charge in [-0.1, -0.05) is 24.3 Å². The molecule has 0 aliphatic rings. The van der Waals surface area contributed by atoms with Gasteiger partial charge in [0.2, 0.25) is 0 Å². The molecule has 0 saturated carbocycles. The minimum atomic E-state index is -1.48. The van der Waals surface area contributed by atoms with Crippen LogP contribution in [0.4, 0.5) is 11.4 Å². The Morgan fingerprint density at radius 3 is 2.15 bits per heavy atom. The first-order valence-corrected chi connectivity index (χ1v) is 10.9. The standard InChI is InChI=1S/C24H34N4O6/c1-15-5-7-17(9-19(15)25-4)11-26-21(13-29)22(31)34-28-20-10-18(8-6-16(20)2)12-27-24(3,14-30)23(32)33/h5-10,21,25-30H,11-14H2,1-4H3,(H,32,33). The average molecular weight is 475 g/mol. The first kappa shape index (κ1) is 27.1. The fraction of sp³-hybridized carbons (Fsp3) is 0.417. The quantitative estimate of drug-likeness (QED) is 0.211. The summed E-state index contributed by atoms with van der Waals surface area (Å²) >= 11 is 0. The van der Waals surface area contributed by atoms with Gasteiger partial charge < -0.3 is 25.5 Å². The van der Waals surface area contributed by atoms with Crippen molar-refractivity contribution in [2.24, 2.45) is 0 Å². The molecule has 0 radical (unpaired) electrons. The van der Waals surface area contributed by atoms with Gasteiger partial charge in [-0.05, 0) is 55.2 Å². The van der Waals surface area contributed by atoms with E-state index in [4.69, 9.17) is 4.84 Å². The van der Waals surface area contributed by atoms with Crippen LogP contribution in [0.2, 0.25) is 0 Å². The van der Waals surface area contributed by atoms with Crippen molar-refractivity contribution in [3.8, 4) is 0 Å². The highest BCUT2D eigenvalue weighted by molar-refractivity contribution is 5.78. The number of benzene rings is 2. The Morgan fingerprint density at radius 1 is 1.00 bits per heavy atom. The van der Waals surface area contributed by atoms with Gasteiger partial charge in [0, 0.05) is 25.8 Å². The van der Waals surface area contributed by atoms with Gasteiger partial charge in [-0.15, -0.1) is 0 Å². The zero-order valence-electron chi connectivity index (χ0n) is 19.9. The van der Waals surface area contributed by atoms with Crippen LogP contribution >= 0.6 is 0 Å². The highest BCUT2D eigenvalue weighted by atomic mass is 16.7. The topological polar surface area (TPSA) is 152 Å². The summed E-state index contributed by atoms with van der Waals surface area (Å²) in [5.41, 5.74) is 6.22. The number of carbonyl (C=O) groups is 2. The molecule has 2 atom stereocenters. The minimum Gasteiger partial charge on any atom is -0.480 e. The van der Waals surface area contributed by atoms with Gasteiger partial charge in [0.25, 0.3) is 0 Å². The first-order valence-electron chi connectivity index (χ1n) is 10.9. The molecule has 186 valence electrons. The van der Waals surface area contributed by atoms with Crippen LogP contribution in [0.1, 0.15) is 29.2 Å². The molecule has 0 aromatic heterocycles. The number of carboxylic acids is 1. The number of aliphatic hydroxyl groups is 2. The van der Waals surface area contributed by atoms with E-state index >= 15 is 0 Å². The molecular formula is C24H34N4O6. The first-order chi connectivity index (χ1) is 16.1. The Bertz CT molecular complexity index is 999. The molecule has 2 aromatic rings. The van der Waals surface area contributed by atoms with E-state index in [9.17, 15) is 24.9 Å². The fourth-order valence-corrected chi connectivity index (χ4v) is 3.07. The normalized spacial score (nSPS) is 13.6. The van der Waals surface area contributed by atoms with Crippen LogP contribution in [0.15, 0.2) is 36.4 Å². The van der Waals surface area contributed by atoms with E-state index in [1.807, 2.05) is 39.1 Å². The summed E-state index contributed by atoms with van der Waals surface area (Å²) in [4.78, 5) is 29.0. The van der Waals surface area contributed by atoms with Gasteiger partial charge in [-0.2, -0.15) is 0 Å². The number of nitrogens with one attached hydrogen (secondary N) is 4. The summed E-state index contributed by atoms with van der Waals surface area (Å²) in [6.07, 6.45) is 0. The molecule has 10 nitrogen and oxygen atoms in total. The highest BCUT2D eigenvalue weighted by Crippen LogP contribution is 2.19. The third-order valence-corrected chi connectivity index (χ3v) is 5.63. The lowest BCUT2D eigenvalue weighted by Gasteiger charge is -2.24. The molecule has 0 aliphatic carbocycles. The van der Waals surface area contributed by atoms with Crippen LogP contribution in [-0.4, -0.2) is 59.1 Å². The Labute approximate surface area is 199 Å². The van der Waals surface area contributed by atoms with Gasteiger partial charge >= 0.3 is 11.9 Å². The summed E-state index contributed by atoms with van der Waals surface area (Å²) in [5, 5.41) is 37.2. The van der Waals surface area contributed by atoms with E-state index < -0.39 is 36.7 Å². The van der Waals surface area contributed by atoms with Crippen LogP contribution in [0.3, 0.4) is 0 Å². The van der Waals surface area contributed by atoms with E-state index in [2.05, 4.69) is 21.4 Å². The maximum Gasteiger partial charge on any atom is 0.351 e. The minimum absolute atomic E-state index is 0.179. The van der Waals surface area contributed by atoms with Crippen molar-refractivity contribution in [3.05, 3.63) is 58.7 Å². The summed E-state index contributed by atoms with van der Waals surface area (Å²) < 4.78 is 0. The number of aliphatic hydroxyl groups excluding tert-OH is 2. The second kappa shape index (κ2) is 12.3. The monoisotopic (exact) mass is 474 g/mol. The molecule has 0 aliphatic heterocycles. The Balaban J connectivity index is 1.96. The molecule has 34 heavy (non-hydrogen) atoms. The summed E-state index contributed by atoms with van der Waals surface area (Å²) in [7, 11) is 1.84. The van der Waals surface area contributed by atoms with Crippen molar-refractivity contribution in [2.75, 3.05) is 31.1 Å². The van der Waals surface area contributed by atoms with E-state index in [0.717, 1.165) is 27.9 Å². The van der Waals surface area contributed by atoms with E-state index in [1.165, 1.54) is 6.92 Å². The average Bonchev–Trinajstić information content (AvgIpc) is 2.83. The maximum atomic E-state index is 12.5. The molecule has 2 rings (SSSR count). The summed E-state index contributed by atoms with van der Waals surface area (Å²) in [5.74, 6) is -1.84. The second-order valence-corrected chi connectivity index (χ2v) is 8.34. The molecule has 0 spiro atoms.